The van der Waals surface area contributed by atoms with Crippen molar-refractivity contribution in [3.8, 4) is 5.75 Å². The van der Waals surface area contributed by atoms with E-state index in [-0.39, 0.29) is 11.4 Å². The minimum Gasteiger partial charge on any atom is -0.459 e. The average Bonchev–Trinajstić information content (AvgIpc) is 2.93. The van der Waals surface area contributed by atoms with Crippen molar-refractivity contribution in [1.82, 2.24) is 15.2 Å². The Morgan fingerprint density at radius 2 is 1.85 bits per heavy atom. The van der Waals surface area contributed by atoms with Gasteiger partial charge in [0.2, 0.25) is 5.72 Å². The fraction of sp³-hybridized carbons (Fsp3) is 0.241. The Kier molecular flexibility index (Phi) is 8.43. The molecule has 7 nitrogen and oxygen atoms in total. The van der Waals surface area contributed by atoms with E-state index in [0.717, 1.165) is 18.2 Å². The summed E-state index contributed by atoms with van der Waals surface area (Å²) in [5.41, 5.74) is -1.80. The van der Waals surface area contributed by atoms with Gasteiger partial charge in [0.25, 0.3) is 5.91 Å². The zero-order valence-corrected chi connectivity index (χ0v) is 22.2. The van der Waals surface area contributed by atoms with Gasteiger partial charge < -0.3 is 25.2 Å². The molecule has 3 aromatic rings. The normalized spacial score (nSPS) is 16.5. The molecule has 2 aromatic carbocycles. The number of carbonyl (C=O) groups excluding carboxylic acids is 1. The number of nitrogens with zero attached hydrogens (tertiary/aromatic N) is 3. The van der Waals surface area contributed by atoms with Gasteiger partial charge in [0, 0.05) is 32.5 Å². The summed E-state index contributed by atoms with van der Waals surface area (Å²) in [4.78, 5) is 21.3. The summed E-state index contributed by atoms with van der Waals surface area (Å²) < 4.78 is 61.6. The Labute approximate surface area is 229 Å². The maximum Gasteiger partial charge on any atom is 0.416 e. The number of likely N-dealkylation sites (N-methyl/N-ethyl adjacent to an activating group) is 2. The van der Waals surface area contributed by atoms with Crippen LogP contribution in [-0.2, 0) is 11.9 Å². The Morgan fingerprint density at radius 1 is 1.05 bits per heavy atom. The Bertz CT molecular complexity index is 1410. The Balaban J connectivity index is 1.65. The molecule has 0 aliphatic carbocycles. The third kappa shape index (κ3) is 6.60. The predicted molar refractivity (Wildman–Crippen MR) is 146 cm³/mol. The molecule has 210 valence electrons. The second-order valence-electron chi connectivity index (χ2n) is 9.47. The van der Waals surface area contributed by atoms with Gasteiger partial charge >= 0.3 is 6.18 Å². The van der Waals surface area contributed by atoms with Crippen LogP contribution < -0.4 is 20.3 Å². The number of alkyl halides is 3. The summed E-state index contributed by atoms with van der Waals surface area (Å²) in [6.45, 7) is 1.10. The van der Waals surface area contributed by atoms with Gasteiger partial charge in [-0.3, -0.25) is 9.78 Å². The van der Waals surface area contributed by atoms with E-state index in [1.807, 2.05) is 19.0 Å². The highest BCUT2D eigenvalue weighted by Crippen LogP contribution is 2.36. The fourth-order valence-electron chi connectivity index (χ4n) is 4.06. The fourth-order valence-corrected chi connectivity index (χ4v) is 4.06. The number of allylic oxidation sites excluding steroid dienone is 2. The summed E-state index contributed by atoms with van der Waals surface area (Å²) in [6, 6.07) is 12.0. The van der Waals surface area contributed by atoms with Crippen LogP contribution in [0.15, 0.2) is 85.2 Å². The molecule has 11 heteroatoms. The molecule has 1 aliphatic rings. The first-order valence-corrected chi connectivity index (χ1v) is 12.4. The van der Waals surface area contributed by atoms with Crippen LogP contribution in [-0.4, -0.2) is 50.0 Å². The predicted octanol–water partition coefficient (Wildman–Crippen LogP) is 5.39. The number of hydrogen-bond acceptors (Lipinski definition) is 6. The van der Waals surface area contributed by atoms with Gasteiger partial charge in [-0.15, -0.1) is 0 Å². The van der Waals surface area contributed by atoms with Crippen LogP contribution in [0.4, 0.5) is 28.9 Å². The molecule has 1 aromatic heterocycles. The van der Waals surface area contributed by atoms with Crippen molar-refractivity contribution in [2.75, 3.05) is 44.4 Å². The summed E-state index contributed by atoms with van der Waals surface area (Å²) in [5.74, 6) is -1.65. The van der Waals surface area contributed by atoms with E-state index < -0.39 is 34.8 Å². The summed E-state index contributed by atoms with van der Waals surface area (Å²) in [7, 11) is 5.44. The van der Waals surface area contributed by atoms with Gasteiger partial charge in [-0.1, -0.05) is 12.1 Å². The van der Waals surface area contributed by atoms with E-state index in [1.165, 1.54) is 18.2 Å². The van der Waals surface area contributed by atoms with Gasteiger partial charge in [-0.2, -0.15) is 13.2 Å². The van der Waals surface area contributed by atoms with Gasteiger partial charge in [0.05, 0.1) is 22.5 Å². The molecule has 1 unspecified atom stereocenters. The molecule has 0 saturated carbocycles. The number of aromatic nitrogens is 1. The Morgan fingerprint density at radius 3 is 2.50 bits per heavy atom. The molecular formula is C29H29F4N5O2. The van der Waals surface area contributed by atoms with Crippen molar-refractivity contribution in [3.63, 3.8) is 0 Å². The lowest BCUT2D eigenvalue weighted by Crippen LogP contribution is -2.44. The van der Waals surface area contributed by atoms with Crippen molar-refractivity contribution in [3.05, 3.63) is 108 Å². The van der Waals surface area contributed by atoms with E-state index in [0.29, 0.717) is 24.5 Å². The molecule has 0 bridgehead atoms. The number of amides is 1. The lowest BCUT2D eigenvalue weighted by Gasteiger charge is -2.33. The number of ether oxygens (including phenoxy) is 1. The van der Waals surface area contributed by atoms with E-state index in [9.17, 15) is 22.4 Å². The summed E-state index contributed by atoms with van der Waals surface area (Å²) >= 11 is 0. The molecule has 0 saturated heterocycles. The highest BCUT2D eigenvalue weighted by molar-refractivity contribution is 6.06. The first kappa shape index (κ1) is 28.6. The van der Waals surface area contributed by atoms with Crippen molar-refractivity contribution >= 4 is 17.3 Å². The van der Waals surface area contributed by atoms with Crippen LogP contribution in [0.5, 0.6) is 5.75 Å². The van der Waals surface area contributed by atoms with Crippen LogP contribution in [0.3, 0.4) is 0 Å². The number of pyridine rings is 1. The van der Waals surface area contributed by atoms with Gasteiger partial charge in [0.15, 0.2) is 0 Å². The average molecular weight is 556 g/mol. The van der Waals surface area contributed by atoms with Crippen molar-refractivity contribution in [1.29, 1.82) is 0 Å². The molecule has 1 atom stereocenters. The molecule has 2 heterocycles. The first-order valence-electron chi connectivity index (χ1n) is 12.4. The third-order valence-electron chi connectivity index (χ3n) is 6.21. The van der Waals surface area contributed by atoms with E-state index in [1.54, 1.807) is 60.8 Å². The number of halogens is 4. The molecule has 2 N–H and O–H groups in total. The Hall–Kier alpha value is -4.38. The van der Waals surface area contributed by atoms with E-state index in [4.69, 9.17) is 4.74 Å². The second kappa shape index (κ2) is 11.8. The number of carbonyl (C=O) groups is 1. The van der Waals surface area contributed by atoms with E-state index in [2.05, 4.69) is 15.6 Å². The standard InChI is InChI=1S/C29H29F4N5O2/c1-37(2)16-17-38(3)25-12-9-20(29(31,32)33)18-24(25)36-27(39)22-19-21(10-11-23(22)30)40-28(13-5-7-15-35-28)26-8-4-6-14-34-26/h4-15,18-19,35H,16-17H2,1-3H3,(H,36,39). The van der Waals surface area contributed by atoms with Crippen LogP contribution in [0.25, 0.3) is 0 Å². The molecule has 1 amide bonds. The van der Waals surface area contributed by atoms with Gasteiger partial charge in [-0.05, 0) is 74.8 Å². The second-order valence-corrected chi connectivity index (χ2v) is 9.47. The highest BCUT2D eigenvalue weighted by atomic mass is 19.4. The number of nitrogens with one attached hydrogen (secondary N) is 2. The van der Waals surface area contributed by atoms with Crippen molar-refractivity contribution in [2.45, 2.75) is 11.9 Å². The minimum absolute atomic E-state index is 0.0984. The van der Waals surface area contributed by atoms with E-state index >= 15 is 0 Å². The van der Waals surface area contributed by atoms with Gasteiger partial charge in [-0.25, -0.2) is 4.39 Å². The lowest BCUT2D eigenvalue weighted by molar-refractivity contribution is -0.137. The number of hydrogen-bond donors (Lipinski definition) is 2. The third-order valence-corrected chi connectivity index (χ3v) is 6.21. The zero-order valence-electron chi connectivity index (χ0n) is 22.2. The monoisotopic (exact) mass is 555 g/mol. The number of benzene rings is 2. The summed E-state index contributed by atoms with van der Waals surface area (Å²) in [6.07, 6.45) is 3.86. The van der Waals surface area contributed by atoms with Crippen LogP contribution in [0.2, 0.25) is 0 Å². The zero-order chi connectivity index (χ0) is 28.9. The maximum atomic E-state index is 14.9. The molecule has 4 rings (SSSR count). The van der Waals surface area contributed by atoms with Crippen molar-refractivity contribution < 1.29 is 27.1 Å². The topological polar surface area (TPSA) is 69.7 Å². The molecule has 40 heavy (non-hydrogen) atoms. The minimum atomic E-state index is -4.63. The number of dihydropyridines is 1. The van der Waals surface area contributed by atoms with Gasteiger partial charge in [0.1, 0.15) is 17.3 Å². The van der Waals surface area contributed by atoms with Crippen LogP contribution >= 0.6 is 0 Å². The summed E-state index contributed by atoms with van der Waals surface area (Å²) in [5, 5.41) is 5.58. The van der Waals surface area contributed by atoms with Crippen molar-refractivity contribution in [2.24, 2.45) is 0 Å². The quantitative estimate of drug-likeness (QED) is 0.345. The lowest BCUT2D eigenvalue weighted by atomic mass is 10.1. The van der Waals surface area contributed by atoms with Crippen LogP contribution in [0.1, 0.15) is 21.6 Å². The largest absolute Gasteiger partial charge is 0.459 e. The number of rotatable bonds is 9. The molecule has 0 spiro atoms. The highest BCUT2D eigenvalue weighted by Gasteiger charge is 2.34. The maximum absolute atomic E-state index is 14.9. The molecule has 1 aliphatic heterocycles. The molecule has 0 radical (unpaired) electrons. The molecule has 0 fully saturated rings. The van der Waals surface area contributed by atoms with Crippen LogP contribution in [0, 0.1) is 5.82 Å². The smallest absolute Gasteiger partial charge is 0.416 e. The first-order chi connectivity index (χ1) is 19.0. The SMILES string of the molecule is CN(C)CCN(C)c1ccc(C(F)(F)F)cc1NC(=O)c1cc(OC2(c3ccccn3)C=CC=CN2)ccc1F. The number of anilines is 2. The molecular weight excluding hydrogens is 526 g/mol.